The smallest absolute Gasteiger partial charge is 0.265 e. The van der Waals surface area contributed by atoms with Gasteiger partial charge in [-0.2, -0.15) is 0 Å². The molecule has 1 unspecified atom stereocenters. The van der Waals surface area contributed by atoms with Crippen LogP contribution in [0.4, 0.5) is 5.69 Å². The molecule has 0 radical (unpaired) electrons. The predicted molar refractivity (Wildman–Crippen MR) is 90.3 cm³/mol. The number of anilines is 1. The molecule has 2 aromatic carbocycles. The molecule has 1 amide bonds. The number of nitrogens with one attached hydrogen (secondary N) is 1. The summed E-state index contributed by atoms with van der Waals surface area (Å²) < 4.78 is 5.75. The topological polar surface area (TPSA) is 38.3 Å². The standard InChI is InChI=1S/C19H23NO2/c1-4-18(22-17-8-6-5-7-9-17)19(21)20-16-12-10-15(11-13-16)14(2)3/h5-14,18H,4H2,1-3H3,(H,20,21). The second kappa shape index (κ2) is 7.64. The van der Waals surface area contributed by atoms with E-state index in [1.165, 1.54) is 5.56 Å². The maximum atomic E-state index is 12.3. The first-order chi connectivity index (χ1) is 10.6. The van der Waals surface area contributed by atoms with Crippen molar-refractivity contribution in [1.29, 1.82) is 0 Å². The van der Waals surface area contributed by atoms with E-state index in [1.807, 2.05) is 61.5 Å². The van der Waals surface area contributed by atoms with Crippen molar-refractivity contribution in [2.45, 2.75) is 39.2 Å². The van der Waals surface area contributed by atoms with Gasteiger partial charge in [0.25, 0.3) is 5.91 Å². The summed E-state index contributed by atoms with van der Waals surface area (Å²) in [6.45, 7) is 6.23. The summed E-state index contributed by atoms with van der Waals surface area (Å²) in [5, 5.41) is 2.92. The van der Waals surface area contributed by atoms with E-state index in [0.29, 0.717) is 18.1 Å². The number of carbonyl (C=O) groups is 1. The van der Waals surface area contributed by atoms with Gasteiger partial charge in [0.2, 0.25) is 0 Å². The van der Waals surface area contributed by atoms with E-state index in [2.05, 4.69) is 19.2 Å². The van der Waals surface area contributed by atoms with Crippen LogP contribution < -0.4 is 10.1 Å². The molecule has 0 heterocycles. The van der Waals surface area contributed by atoms with Gasteiger partial charge < -0.3 is 10.1 Å². The Morgan fingerprint density at radius 1 is 1.05 bits per heavy atom. The molecule has 0 saturated heterocycles. The Morgan fingerprint density at radius 3 is 2.23 bits per heavy atom. The van der Waals surface area contributed by atoms with Crippen molar-refractivity contribution >= 4 is 11.6 Å². The molecule has 1 N–H and O–H groups in total. The third-order valence-electron chi connectivity index (χ3n) is 3.53. The first-order valence-electron chi connectivity index (χ1n) is 7.72. The van der Waals surface area contributed by atoms with Gasteiger partial charge in [0, 0.05) is 5.69 Å². The molecule has 0 aliphatic heterocycles. The van der Waals surface area contributed by atoms with Crippen molar-refractivity contribution < 1.29 is 9.53 Å². The minimum absolute atomic E-state index is 0.122. The Kier molecular flexibility index (Phi) is 5.59. The second-order valence-electron chi connectivity index (χ2n) is 5.59. The molecule has 3 heteroatoms. The van der Waals surface area contributed by atoms with Crippen LogP contribution in [0.3, 0.4) is 0 Å². The molecular formula is C19H23NO2. The highest BCUT2D eigenvalue weighted by Crippen LogP contribution is 2.18. The Labute approximate surface area is 132 Å². The highest BCUT2D eigenvalue weighted by atomic mass is 16.5. The quantitative estimate of drug-likeness (QED) is 0.845. The van der Waals surface area contributed by atoms with Crippen molar-refractivity contribution in [3.63, 3.8) is 0 Å². The van der Waals surface area contributed by atoms with Crippen LogP contribution in [0.15, 0.2) is 54.6 Å². The molecule has 0 fully saturated rings. The summed E-state index contributed by atoms with van der Waals surface area (Å²) in [6, 6.07) is 17.4. The van der Waals surface area contributed by atoms with E-state index in [1.54, 1.807) is 0 Å². The fourth-order valence-electron chi connectivity index (χ4n) is 2.16. The van der Waals surface area contributed by atoms with Gasteiger partial charge in [-0.3, -0.25) is 4.79 Å². The average Bonchev–Trinajstić information content (AvgIpc) is 2.54. The zero-order valence-corrected chi connectivity index (χ0v) is 13.4. The Morgan fingerprint density at radius 2 is 1.68 bits per heavy atom. The van der Waals surface area contributed by atoms with Crippen LogP contribution in [0.5, 0.6) is 5.75 Å². The fourth-order valence-corrected chi connectivity index (χ4v) is 2.16. The molecule has 2 aromatic rings. The number of ether oxygens (including phenoxy) is 1. The second-order valence-corrected chi connectivity index (χ2v) is 5.59. The predicted octanol–water partition coefficient (Wildman–Crippen LogP) is 4.61. The van der Waals surface area contributed by atoms with E-state index in [9.17, 15) is 4.79 Å². The molecule has 116 valence electrons. The molecule has 0 bridgehead atoms. The van der Waals surface area contributed by atoms with Crippen molar-refractivity contribution in [3.05, 3.63) is 60.2 Å². The lowest BCUT2D eigenvalue weighted by molar-refractivity contribution is -0.122. The highest BCUT2D eigenvalue weighted by Gasteiger charge is 2.18. The Bertz CT molecular complexity index is 591. The molecule has 0 aliphatic rings. The summed E-state index contributed by atoms with van der Waals surface area (Å²) in [7, 11) is 0. The summed E-state index contributed by atoms with van der Waals surface area (Å²) in [6.07, 6.45) is 0.123. The van der Waals surface area contributed by atoms with Crippen LogP contribution in [-0.4, -0.2) is 12.0 Å². The van der Waals surface area contributed by atoms with Crippen molar-refractivity contribution in [2.24, 2.45) is 0 Å². The zero-order chi connectivity index (χ0) is 15.9. The zero-order valence-electron chi connectivity index (χ0n) is 13.4. The summed E-state index contributed by atoms with van der Waals surface area (Å²) in [5.74, 6) is 1.07. The van der Waals surface area contributed by atoms with Crippen molar-refractivity contribution in [1.82, 2.24) is 0 Å². The Hall–Kier alpha value is -2.29. The first-order valence-corrected chi connectivity index (χ1v) is 7.72. The van der Waals surface area contributed by atoms with E-state index in [-0.39, 0.29) is 5.91 Å². The van der Waals surface area contributed by atoms with E-state index >= 15 is 0 Å². The molecule has 0 aliphatic carbocycles. The lowest BCUT2D eigenvalue weighted by Gasteiger charge is -2.17. The lowest BCUT2D eigenvalue weighted by Crippen LogP contribution is -2.32. The monoisotopic (exact) mass is 297 g/mol. The first kappa shape index (κ1) is 16.1. The maximum absolute atomic E-state index is 12.3. The van der Waals surface area contributed by atoms with Crippen LogP contribution in [0.25, 0.3) is 0 Å². The molecule has 1 atom stereocenters. The number of para-hydroxylation sites is 1. The summed E-state index contributed by atoms with van der Waals surface area (Å²) in [4.78, 5) is 12.3. The van der Waals surface area contributed by atoms with Gasteiger partial charge in [-0.1, -0.05) is 51.1 Å². The van der Waals surface area contributed by atoms with Gasteiger partial charge in [-0.05, 0) is 42.2 Å². The van der Waals surface area contributed by atoms with Crippen molar-refractivity contribution in [3.8, 4) is 5.75 Å². The van der Waals surface area contributed by atoms with E-state index in [0.717, 1.165) is 5.69 Å². The molecule has 3 nitrogen and oxygen atoms in total. The SMILES string of the molecule is CCC(Oc1ccccc1)C(=O)Nc1ccc(C(C)C)cc1. The molecule has 2 rings (SSSR count). The van der Waals surface area contributed by atoms with Crippen LogP contribution in [0.1, 0.15) is 38.7 Å². The third-order valence-corrected chi connectivity index (χ3v) is 3.53. The number of carbonyl (C=O) groups excluding carboxylic acids is 1. The van der Waals surface area contributed by atoms with Crippen LogP contribution >= 0.6 is 0 Å². The molecule has 22 heavy (non-hydrogen) atoms. The average molecular weight is 297 g/mol. The van der Waals surface area contributed by atoms with Crippen molar-refractivity contribution in [2.75, 3.05) is 5.32 Å². The fraction of sp³-hybridized carbons (Fsp3) is 0.316. The van der Waals surface area contributed by atoms with Gasteiger partial charge >= 0.3 is 0 Å². The largest absolute Gasteiger partial charge is 0.481 e. The number of benzene rings is 2. The summed E-state index contributed by atoms with van der Waals surface area (Å²) >= 11 is 0. The number of rotatable bonds is 6. The number of amides is 1. The van der Waals surface area contributed by atoms with Crippen LogP contribution in [0.2, 0.25) is 0 Å². The van der Waals surface area contributed by atoms with Gasteiger partial charge in [0.05, 0.1) is 0 Å². The van der Waals surface area contributed by atoms with E-state index < -0.39 is 6.10 Å². The molecule has 0 spiro atoms. The van der Waals surface area contributed by atoms with Gasteiger partial charge in [-0.25, -0.2) is 0 Å². The van der Waals surface area contributed by atoms with Gasteiger partial charge in [0.1, 0.15) is 5.75 Å². The third kappa shape index (κ3) is 4.35. The van der Waals surface area contributed by atoms with Crippen LogP contribution in [0, 0.1) is 0 Å². The highest BCUT2D eigenvalue weighted by molar-refractivity contribution is 5.94. The van der Waals surface area contributed by atoms with Gasteiger partial charge in [0.15, 0.2) is 6.10 Å². The van der Waals surface area contributed by atoms with E-state index in [4.69, 9.17) is 4.74 Å². The molecule has 0 aromatic heterocycles. The van der Waals surface area contributed by atoms with Gasteiger partial charge in [-0.15, -0.1) is 0 Å². The minimum Gasteiger partial charge on any atom is -0.481 e. The normalized spacial score (nSPS) is 12.0. The maximum Gasteiger partial charge on any atom is 0.265 e. The minimum atomic E-state index is -0.493. The Balaban J connectivity index is 2.00. The number of hydrogen-bond acceptors (Lipinski definition) is 2. The summed E-state index contributed by atoms with van der Waals surface area (Å²) in [5.41, 5.74) is 2.05. The number of hydrogen-bond donors (Lipinski definition) is 1. The molecular weight excluding hydrogens is 274 g/mol. The molecule has 0 saturated carbocycles. The van der Waals surface area contributed by atoms with Crippen LogP contribution in [-0.2, 0) is 4.79 Å². The lowest BCUT2D eigenvalue weighted by atomic mass is 10.0.